The normalized spacial score (nSPS) is 9.96. The van der Waals surface area contributed by atoms with Gasteiger partial charge >= 0.3 is 12.0 Å². The van der Waals surface area contributed by atoms with Crippen LogP contribution in [-0.4, -0.2) is 28.7 Å². The third kappa shape index (κ3) is 5.33. The maximum Gasteiger partial charge on any atom is 0.332 e. The molecule has 7 nitrogen and oxygen atoms in total. The Labute approximate surface area is 133 Å². The number of carboxylic acid groups (broad SMARTS) is 1. The Morgan fingerprint density at radius 1 is 1.04 bits per heavy atom. The zero-order valence-electron chi connectivity index (χ0n) is 12.3. The fourth-order valence-corrected chi connectivity index (χ4v) is 1.80. The molecule has 0 heterocycles. The largest absolute Gasteiger partial charge is 0.480 e. The zero-order valence-corrected chi connectivity index (χ0v) is 12.3. The van der Waals surface area contributed by atoms with Crippen molar-refractivity contribution in [3.8, 4) is 11.5 Å². The predicted molar refractivity (Wildman–Crippen MR) is 83.7 cm³/mol. The Kier molecular flexibility index (Phi) is 5.54. The van der Waals surface area contributed by atoms with Gasteiger partial charge in [0, 0.05) is 6.54 Å². The molecule has 0 saturated carbocycles. The number of carbonyl (C=O) groups is 2. The summed E-state index contributed by atoms with van der Waals surface area (Å²) < 4.78 is 5.66. The van der Waals surface area contributed by atoms with E-state index in [1.807, 2.05) is 30.3 Å². The van der Waals surface area contributed by atoms with Gasteiger partial charge in [-0.2, -0.15) is 0 Å². The molecule has 0 spiro atoms. The number of urea groups is 1. The van der Waals surface area contributed by atoms with Crippen LogP contribution in [0.4, 0.5) is 4.79 Å². The number of nitrogens with one attached hydrogen (secondary N) is 1. The molecule has 0 bridgehead atoms. The highest BCUT2D eigenvalue weighted by Crippen LogP contribution is 2.20. The molecule has 0 aliphatic heterocycles. The second-order valence-corrected chi connectivity index (χ2v) is 4.74. The second-order valence-electron chi connectivity index (χ2n) is 4.74. The molecule has 0 aliphatic rings. The molecule has 0 radical (unpaired) electrons. The van der Waals surface area contributed by atoms with Gasteiger partial charge in [-0.25, -0.2) is 10.6 Å². The number of hydrogen-bond donors (Lipinski definition) is 3. The number of hydrogen-bond acceptors (Lipinski definition) is 4. The van der Waals surface area contributed by atoms with Crippen LogP contribution < -0.4 is 15.9 Å². The van der Waals surface area contributed by atoms with Gasteiger partial charge in [0.2, 0.25) is 0 Å². The summed E-state index contributed by atoms with van der Waals surface area (Å²) in [7, 11) is 0. The Morgan fingerprint density at radius 2 is 1.65 bits per heavy atom. The number of rotatable bonds is 6. The minimum absolute atomic E-state index is 0.234. The van der Waals surface area contributed by atoms with E-state index in [1.54, 1.807) is 24.3 Å². The fourth-order valence-electron chi connectivity index (χ4n) is 1.80. The monoisotopic (exact) mass is 315 g/mol. The molecular formula is C16H17N3O4. The molecular weight excluding hydrogens is 298 g/mol. The van der Waals surface area contributed by atoms with Crippen LogP contribution in [-0.2, 0) is 11.3 Å². The Balaban J connectivity index is 1.85. The van der Waals surface area contributed by atoms with Crippen molar-refractivity contribution in [3.63, 3.8) is 0 Å². The summed E-state index contributed by atoms with van der Waals surface area (Å²) in [6.07, 6.45) is 0. The zero-order chi connectivity index (χ0) is 16.7. The van der Waals surface area contributed by atoms with Crippen LogP contribution in [0.2, 0.25) is 0 Å². The summed E-state index contributed by atoms with van der Waals surface area (Å²) in [4.78, 5) is 22.0. The number of nitrogens with two attached hydrogens (primary N) is 1. The van der Waals surface area contributed by atoms with E-state index in [-0.39, 0.29) is 6.54 Å². The van der Waals surface area contributed by atoms with Gasteiger partial charge in [0.15, 0.2) is 0 Å². The average molecular weight is 315 g/mol. The number of para-hydroxylation sites is 1. The van der Waals surface area contributed by atoms with Crippen LogP contribution in [0.15, 0.2) is 54.6 Å². The lowest BCUT2D eigenvalue weighted by Crippen LogP contribution is -2.46. The molecule has 2 aromatic rings. The smallest absolute Gasteiger partial charge is 0.332 e. The first kappa shape index (κ1) is 16.3. The van der Waals surface area contributed by atoms with E-state index in [0.717, 1.165) is 11.3 Å². The minimum Gasteiger partial charge on any atom is -0.480 e. The lowest BCUT2D eigenvalue weighted by molar-refractivity contribution is -0.137. The number of carboxylic acids is 1. The van der Waals surface area contributed by atoms with Gasteiger partial charge in [0.05, 0.1) is 0 Å². The molecule has 2 amide bonds. The molecule has 7 heteroatoms. The highest BCUT2D eigenvalue weighted by Gasteiger charge is 2.12. The predicted octanol–water partition coefficient (Wildman–Crippen LogP) is 1.95. The first-order valence-corrected chi connectivity index (χ1v) is 6.88. The molecule has 2 rings (SSSR count). The molecule has 0 aromatic heterocycles. The summed E-state index contributed by atoms with van der Waals surface area (Å²) >= 11 is 0. The summed E-state index contributed by atoms with van der Waals surface area (Å²) in [5, 5.41) is 11.7. The van der Waals surface area contributed by atoms with Gasteiger partial charge in [0.1, 0.15) is 18.0 Å². The van der Waals surface area contributed by atoms with E-state index in [9.17, 15) is 9.59 Å². The number of ether oxygens (including phenoxy) is 1. The van der Waals surface area contributed by atoms with E-state index < -0.39 is 18.5 Å². The van der Waals surface area contributed by atoms with E-state index >= 15 is 0 Å². The Morgan fingerprint density at radius 3 is 2.26 bits per heavy atom. The van der Waals surface area contributed by atoms with Crippen molar-refractivity contribution >= 4 is 12.0 Å². The van der Waals surface area contributed by atoms with E-state index in [2.05, 4.69) is 5.32 Å². The number of amides is 2. The van der Waals surface area contributed by atoms with Crippen molar-refractivity contribution in [3.05, 3.63) is 60.2 Å². The van der Waals surface area contributed by atoms with E-state index in [1.165, 1.54) is 0 Å². The minimum atomic E-state index is -1.18. The quantitative estimate of drug-likeness (QED) is 0.429. The van der Waals surface area contributed by atoms with Crippen LogP contribution in [0.25, 0.3) is 0 Å². The first-order chi connectivity index (χ1) is 11.0. The van der Waals surface area contributed by atoms with Gasteiger partial charge in [-0.15, -0.1) is 0 Å². The number of nitrogens with zero attached hydrogens (tertiary/aromatic N) is 1. The fraction of sp³-hybridized carbons (Fsp3) is 0.125. The topological polar surface area (TPSA) is 105 Å². The Hall–Kier alpha value is -3.06. The van der Waals surface area contributed by atoms with Crippen molar-refractivity contribution in [2.45, 2.75) is 6.54 Å². The summed E-state index contributed by atoms with van der Waals surface area (Å²) in [6, 6.07) is 15.9. The van der Waals surface area contributed by atoms with Crippen LogP contribution >= 0.6 is 0 Å². The maximum atomic E-state index is 11.6. The number of aliphatic carboxylic acids is 1. The number of carbonyl (C=O) groups excluding carboxylic acids is 1. The lowest BCUT2D eigenvalue weighted by Gasteiger charge is -2.15. The summed E-state index contributed by atoms with van der Waals surface area (Å²) in [6.45, 7) is -0.326. The lowest BCUT2D eigenvalue weighted by atomic mass is 10.2. The van der Waals surface area contributed by atoms with Gasteiger partial charge < -0.3 is 15.2 Å². The molecule has 0 fully saturated rings. The molecule has 0 atom stereocenters. The van der Waals surface area contributed by atoms with Crippen LogP contribution in [0.5, 0.6) is 11.5 Å². The summed E-state index contributed by atoms with van der Waals surface area (Å²) in [5.74, 6) is 5.55. The third-order valence-corrected chi connectivity index (χ3v) is 2.91. The molecule has 4 N–H and O–H groups in total. The molecule has 0 saturated heterocycles. The highest BCUT2D eigenvalue weighted by molar-refractivity contribution is 5.79. The molecule has 2 aromatic carbocycles. The third-order valence-electron chi connectivity index (χ3n) is 2.91. The average Bonchev–Trinajstić information content (AvgIpc) is 2.54. The van der Waals surface area contributed by atoms with E-state index in [4.69, 9.17) is 15.7 Å². The molecule has 0 unspecified atom stereocenters. The molecule has 23 heavy (non-hydrogen) atoms. The van der Waals surface area contributed by atoms with Crippen molar-refractivity contribution < 1.29 is 19.4 Å². The van der Waals surface area contributed by atoms with Gasteiger partial charge in [-0.1, -0.05) is 30.3 Å². The highest BCUT2D eigenvalue weighted by atomic mass is 16.5. The Bertz CT molecular complexity index is 659. The SMILES string of the molecule is NN(CC(=O)O)C(=O)NCc1ccc(Oc2ccccc2)cc1. The second kappa shape index (κ2) is 7.81. The van der Waals surface area contributed by atoms with Crippen LogP contribution in [0, 0.1) is 0 Å². The summed E-state index contributed by atoms with van der Waals surface area (Å²) in [5.41, 5.74) is 0.836. The number of benzene rings is 2. The van der Waals surface area contributed by atoms with Gasteiger partial charge in [-0.05, 0) is 29.8 Å². The van der Waals surface area contributed by atoms with Gasteiger partial charge in [0.25, 0.3) is 0 Å². The molecule has 0 aliphatic carbocycles. The first-order valence-electron chi connectivity index (χ1n) is 6.88. The van der Waals surface area contributed by atoms with Crippen LogP contribution in [0.3, 0.4) is 0 Å². The van der Waals surface area contributed by atoms with Crippen molar-refractivity contribution in [2.75, 3.05) is 6.54 Å². The van der Waals surface area contributed by atoms with Gasteiger partial charge in [-0.3, -0.25) is 9.80 Å². The van der Waals surface area contributed by atoms with Crippen molar-refractivity contribution in [1.82, 2.24) is 10.3 Å². The molecule has 120 valence electrons. The van der Waals surface area contributed by atoms with Crippen LogP contribution in [0.1, 0.15) is 5.56 Å². The maximum absolute atomic E-state index is 11.6. The van der Waals surface area contributed by atoms with E-state index in [0.29, 0.717) is 10.8 Å². The standard InChI is InChI=1S/C16H17N3O4/c17-19(11-15(20)21)16(22)18-10-12-6-8-14(9-7-12)23-13-4-2-1-3-5-13/h1-9H,10-11,17H2,(H,18,22)(H,20,21). The van der Waals surface area contributed by atoms with Crippen molar-refractivity contribution in [2.24, 2.45) is 5.84 Å². The number of hydrazine groups is 1. The van der Waals surface area contributed by atoms with Crippen molar-refractivity contribution in [1.29, 1.82) is 0 Å².